The van der Waals surface area contributed by atoms with Gasteiger partial charge >= 0.3 is 6.18 Å². The molecule has 2 unspecified atom stereocenters. The van der Waals surface area contributed by atoms with E-state index >= 15 is 0 Å². The van der Waals surface area contributed by atoms with Crippen LogP contribution in [0.25, 0.3) is 0 Å². The molecule has 19 heavy (non-hydrogen) atoms. The molecule has 5 heteroatoms. The first kappa shape index (κ1) is 14.3. The highest BCUT2D eigenvalue weighted by atomic mass is 19.4. The van der Waals surface area contributed by atoms with Gasteiger partial charge in [-0.25, -0.2) is 0 Å². The Balaban J connectivity index is 2.20. The number of rotatable bonds is 3. The molecule has 2 nitrogen and oxygen atoms in total. The molecule has 0 amide bonds. The summed E-state index contributed by atoms with van der Waals surface area (Å²) in [7, 11) is 0. The molecular weight excluding hydrogens is 255 g/mol. The first-order chi connectivity index (χ1) is 8.93. The topological polar surface area (TPSA) is 23.5 Å². The fraction of sp³-hybridized carbons (Fsp3) is 0.571. The number of nitrogens with zero attached hydrogens (tertiary/aromatic N) is 1. The third kappa shape index (κ3) is 3.09. The van der Waals surface area contributed by atoms with E-state index in [-0.39, 0.29) is 24.8 Å². The van der Waals surface area contributed by atoms with Crippen LogP contribution in [0.2, 0.25) is 0 Å². The SMILES string of the molecule is CC1CCN(Cc2ccccc2C(F)(F)F)C1CO. The number of halogens is 3. The summed E-state index contributed by atoms with van der Waals surface area (Å²) in [5.41, 5.74) is -0.297. The van der Waals surface area contributed by atoms with Gasteiger partial charge in [-0.1, -0.05) is 25.1 Å². The minimum Gasteiger partial charge on any atom is -0.395 e. The predicted octanol–water partition coefficient (Wildman–Crippen LogP) is 2.91. The van der Waals surface area contributed by atoms with Gasteiger partial charge in [0.05, 0.1) is 12.2 Å². The molecule has 2 rings (SSSR count). The van der Waals surface area contributed by atoms with Crippen LogP contribution in [0.15, 0.2) is 24.3 Å². The van der Waals surface area contributed by atoms with E-state index in [2.05, 4.69) is 0 Å². The van der Waals surface area contributed by atoms with Gasteiger partial charge in [-0.05, 0) is 30.5 Å². The average Bonchev–Trinajstić information content (AvgIpc) is 2.69. The van der Waals surface area contributed by atoms with Crippen LogP contribution >= 0.6 is 0 Å². The average molecular weight is 273 g/mol. The van der Waals surface area contributed by atoms with Gasteiger partial charge in [0, 0.05) is 12.6 Å². The van der Waals surface area contributed by atoms with E-state index in [0.29, 0.717) is 5.92 Å². The number of aliphatic hydroxyl groups excluding tert-OH is 1. The van der Waals surface area contributed by atoms with Crippen molar-refractivity contribution >= 4 is 0 Å². The van der Waals surface area contributed by atoms with Gasteiger partial charge in [0.15, 0.2) is 0 Å². The van der Waals surface area contributed by atoms with Gasteiger partial charge in [0.2, 0.25) is 0 Å². The van der Waals surface area contributed by atoms with E-state index in [0.717, 1.165) is 19.0 Å². The Morgan fingerprint density at radius 1 is 1.32 bits per heavy atom. The van der Waals surface area contributed by atoms with Crippen molar-refractivity contribution in [1.29, 1.82) is 0 Å². The molecule has 2 atom stereocenters. The summed E-state index contributed by atoms with van der Waals surface area (Å²) in [5, 5.41) is 9.35. The summed E-state index contributed by atoms with van der Waals surface area (Å²) in [6.45, 7) is 3.00. The predicted molar refractivity (Wildman–Crippen MR) is 66.5 cm³/mol. The lowest BCUT2D eigenvalue weighted by atomic mass is 10.0. The van der Waals surface area contributed by atoms with Crippen LogP contribution in [0.4, 0.5) is 13.2 Å². The maximum absolute atomic E-state index is 12.9. The van der Waals surface area contributed by atoms with Crippen LogP contribution in [0.1, 0.15) is 24.5 Å². The highest BCUT2D eigenvalue weighted by Gasteiger charge is 2.35. The molecule has 1 fully saturated rings. The molecule has 0 radical (unpaired) electrons. The molecule has 1 saturated heterocycles. The monoisotopic (exact) mass is 273 g/mol. The van der Waals surface area contributed by atoms with Gasteiger partial charge in [-0.2, -0.15) is 13.2 Å². The van der Waals surface area contributed by atoms with Crippen molar-refractivity contribution in [3.05, 3.63) is 35.4 Å². The quantitative estimate of drug-likeness (QED) is 0.915. The minimum atomic E-state index is -4.32. The van der Waals surface area contributed by atoms with E-state index in [9.17, 15) is 18.3 Å². The molecule has 1 aliphatic rings. The van der Waals surface area contributed by atoms with Crippen molar-refractivity contribution in [1.82, 2.24) is 4.90 Å². The Morgan fingerprint density at radius 2 is 2.00 bits per heavy atom. The third-order valence-corrected chi connectivity index (χ3v) is 3.88. The van der Waals surface area contributed by atoms with Gasteiger partial charge in [-0.15, -0.1) is 0 Å². The van der Waals surface area contributed by atoms with Gasteiger partial charge in [0.1, 0.15) is 0 Å². The normalized spacial score (nSPS) is 24.9. The lowest BCUT2D eigenvalue weighted by Gasteiger charge is -2.26. The molecule has 0 bridgehead atoms. The maximum atomic E-state index is 12.9. The fourth-order valence-corrected chi connectivity index (χ4v) is 2.73. The summed E-state index contributed by atoms with van der Waals surface area (Å²) in [6.07, 6.45) is -3.41. The number of alkyl halides is 3. The Morgan fingerprint density at radius 3 is 2.63 bits per heavy atom. The fourth-order valence-electron chi connectivity index (χ4n) is 2.73. The molecule has 0 saturated carbocycles. The minimum absolute atomic E-state index is 0.00461. The van der Waals surface area contributed by atoms with Crippen LogP contribution in [-0.2, 0) is 12.7 Å². The van der Waals surface area contributed by atoms with Crippen LogP contribution in [0, 0.1) is 5.92 Å². The van der Waals surface area contributed by atoms with Gasteiger partial charge in [0.25, 0.3) is 0 Å². The van der Waals surface area contributed by atoms with Crippen LogP contribution in [0.5, 0.6) is 0 Å². The van der Waals surface area contributed by atoms with E-state index in [4.69, 9.17) is 0 Å². The summed E-state index contributed by atoms with van der Waals surface area (Å²) < 4.78 is 38.7. The number of hydrogen-bond donors (Lipinski definition) is 1. The molecule has 1 aliphatic heterocycles. The molecule has 0 aromatic heterocycles. The molecule has 0 spiro atoms. The lowest BCUT2D eigenvalue weighted by molar-refractivity contribution is -0.138. The highest BCUT2D eigenvalue weighted by Crippen LogP contribution is 2.34. The molecule has 1 aromatic carbocycles. The zero-order chi connectivity index (χ0) is 14.0. The van der Waals surface area contributed by atoms with Crippen molar-refractivity contribution in [3.63, 3.8) is 0 Å². The first-order valence-electron chi connectivity index (χ1n) is 6.43. The van der Waals surface area contributed by atoms with Crippen molar-refractivity contribution in [2.75, 3.05) is 13.2 Å². The zero-order valence-electron chi connectivity index (χ0n) is 10.8. The van der Waals surface area contributed by atoms with Crippen LogP contribution < -0.4 is 0 Å². The smallest absolute Gasteiger partial charge is 0.395 e. The molecule has 106 valence electrons. The second kappa shape index (κ2) is 5.51. The van der Waals surface area contributed by atoms with Crippen LogP contribution in [-0.4, -0.2) is 29.2 Å². The van der Waals surface area contributed by atoms with E-state index < -0.39 is 11.7 Å². The van der Waals surface area contributed by atoms with E-state index in [1.54, 1.807) is 6.07 Å². The van der Waals surface area contributed by atoms with E-state index in [1.807, 2.05) is 11.8 Å². The number of hydrogen-bond acceptors (Lipinski definition) is 2. The van der Waals surface area contributed by atoms with Crippen molar-refractivity contribution < 1.29 is 18.3 Å². The number of likely N-dealkylation sites (tertiary alicyclic amines) is 1. The summed E-state index contributed by atoms with van der Waals surface area (Å²) >= 11 is 0. The Hall–Kier alpha value is -1.07. The second-order valence-corrected chi connectivity index (χ2v) is 5.14. The van der Waals surface area contributed by atoms with Crippen LogP contribution in [0.3, 0.4) is 0 Å². The summed E-state index contributed by atoms with van der Waals surface area (Å²) in [4.78, 5) is 1.94. The Bertz CT molecular complexity index is 433. The van der Waals surface area contributed by atoms with Crippen molar-refractivity contribution in [2.24, 2.45) is 5.92 Å². The second-order valence-electron chi connectivity index (χ2n) is 5.14. The van der Waals surface area contributed by atoms with Gasteiger partial charge in [-0.3, -0.25) is 4.90 Å². The Kier molecular flexibility index (Phi) is 4.16. The molecule has 1 N–H and O–H groups in total. The van der Waals surface area contributed by atoms with Crippen molar-refractivity contribution in [2.45, 2.75) is 32.1 Å². The molecule has 1 heterocycles. The number of aliphatic hydroxyl groups is 1. The zero-order valence-corrected chi connectivity index (χ0v) is 10.8. The van der Waals surface area contributed by atoms with E-state index in [1.165, 1.54) is 12.1 Å². The first-order valence-corrected chi connectivity index (χ1v) is 6.43. The third-order valence-electron chi connectivity index (χ3n) is 3.88. The molecule has 0 aliphatic carbocycles. The molecular formula is C14H18F3NO. The maximum Gasteiger partial charge on any atom is 0.416 e. The Labute approximate surface area is 110 Å². The lowest BCUT2D eigenvalue weighted by Crippen LogP contribution is -2.35. The molecule has 1 aromatic rings. The highest BCUT2D eigenvalue weighted by molar-refractivity contribution is 5.29. The van der Waals surface area contributed by atoms with Gasteiger partial charge < -0.3 is 5.11 Å². The van der Waals surface area contributed by atoms with Crippen molar-refractivity contribution in [3.8, 4) is 0 Å². The largest absolute Gasteiger partial charge is 0.416 e. The number of benzene rings is 1. The summed E-state index contributed by atoms with van der Waals surface area (Å²) in [5.74, 6) is 0.322. The standard InChI is InChI=1S/C14H18F3NO/c1-10-6-7-18(13(10)9-19)8-11-4-2-3-5-12(11)14(15,16)17/h2-5,10,13,19H,6-9H2,1H3. The summed E-state index contributed by atoms with van der Waals surface area (Å²) in [6, 6.07) is 5.62.